The number of nitrogens with zero attached hydrogens (tertiary/aromatic N) is 1. The van der Waals surface area contributed by atoms with Gasteiger partial charge in [-0.2, -0.15) is 0 Å². The third-order valence-electron chi connectivity index (χ3n) is 7.72. The molecule has 8 heteroatoms. The van der Waals surface area contributed by atoms with Crippen LogP contribution >= 0.6 is 11.6 Å². The number of nitrogens with one attached hydrogen (secondary N) is 2. The van der Waals surface area contributed by atoms with Crippen molar-refractivity contribution in [3.05, 3.63) is 41.4 Å². The lowest BCUT2D eigenvalue weighted by Gasteiger charge is -2.34. The topological polar surface area (TPSA) is 87.7 Å². The minimum atomic E-state index is -1.11. The summed E-state index contributed by atoms with van der Waals surface area (Å²) in [4.78, 5) is 42.4. The smallest absolute Gasteiger partial charge is 0.246 e. The highest BCUT2D eigenvalue weighted by Crippen LogP contribution is 2.55. The van der Waals surface area contributed by atoms with Gasteiger partial charge < -0.3 is 20.3 Å². The van der Waals surface area contributed by atoms with Crippen LogP contribution in [0.15, 0.2) is 36.4 Å². The van der Waals surface area contributed by atoms with Crippen LogP contribution in [0.3, 0.4) is 0 Å². The standard InChI is InChI=1S/C26H32ClN3O4/c1-2-3-14-30-22(24(32)28-17-9-5-4-6-10-17)26-13-12-19(34-26)20(21(26)25(30)33)23(31)29-18-11-7-8-16(27)15-18/h7-8,11-13,15,17,19-22H,2-6,9-10,14H2,1H3,(H,28,32)(H,29,31)/t19-,20-,21-,22-,26+/m1/s1. The Morgan fingerprint density at radius 2 is 2.00 bits per heavy atom. The van der Waals surface area contributed by atoms with Crippen molar-refractivity contribution in [2.75, 3.05) is 11.9 Å². The van der Waals surface area contributed by atoms with E-state index in [0.717, 1.165) is 38.5 Å². The van der Waals surface area contributed by atoms with Gasteiger partial charge in [0.15, 0.2) is 0 Å². The largest absolute Gasteiger partial charge is 0.359 e. The van der Waals surface area contributed by atoms with E-state index in [1.54, 1.807) is 29.2 Å². The van der Waals surface area contributed by atoms with E-state index in [2.05, 4.69) is 17.6 Å². The van der Waals surface area contributed by atoms with Crippen molar-refractivity contribution in [1.82, 2.24) is 10.2 Å². The van der Waals surface area contributed by atoms with Crippen LogP contribution in [0.25, 0.3) is 0 Å². The summed E-state index contributed by atoms with van der Waals surface area (Å²) in [6.07, 6.45) is 10.2. The molecule has 1 saturated carbocycles. The number of halogens is 1. The van der Waals surface area contributed by atoms with Crippen molar-refractivity contribution in [1.29, 1.82) is 0 Å². The summed E-state index contributed by atoms with van der Waals surface area (Å²) in [5.74, 6) is -2.05. The number of ether oxygens (including phenoxy) is 1. The second-order valence-corrected chi connectivity index (χ2v) is 10.4. The summed E-state index contributed by atoms with van der Waals surface area (Å²) in [7, 11) is 0. The van der Waals surface area contributed by atoms with Gasteiger partial charge in [-0.05, 0) is 37.5 Å². The zero-order valence-electron chi connectivity index (χ0n) is 19.5. The monoisotopic (exact) mass is 485 g/mol. The van der Waals surface area contributed by atoms with Crippen molar-refractivity contribution in [2.45, 2.75) is 75.7 Å². The minimum Gasteiger partial charge on any atom is -0.359 e. The number of carbonyl (C=O) groups is 3. The van der Waals surface area contributed by atoms with Crippen LogP contribution in [-0.4, -0.2) is 53.0 Å². The van der Waals surface area contributed by atoms with Gasteiger partial charge >= 0.3 is 0 Å². The van der Waals surface area contributed by atoms with Crippen LogP contribution in [0.2, 0.25) is 5.02 Å². The van der Waals surface area contributed by atoms with Gasteiger partial charge in [0, 0.05) is 23.3 Å². The number of anilines is 1. The molecule has 3 amide bonds. The van der Waals surface area contributed by atoms with Crippen LogP contribution in [0, 0.1) is 11.8 Å². The molecule has 1 aliphatic carbocycles. The van der Waals surface area contributed by atoms with Gasteiger partial charge in [-0.3, -0.25) is 14.4 Å². The molecule has 3 heterocycles. The first kappa shape index (κ1) is 23.4. The molecule has 182 valence electrons. The zero-order valence-corrected chi connectivity index (χ0v) is 20.2. The van der Waals surface area contributed by atoms with Gasteiger partial charge in [-0.1, -0.05) is 62.4 Å². The van der Waals surface area contributed by atoms with Crippen molar-refractivity contribution in [3.63, 3.8) is 0 Å². The summed E-state index contributed by atoms with van der Waals surface area (Å²) >= 11 is 6.07. The summed E-state index contributed by atoms with van der Waals surface area (Å²) < 4.78 is 6.36. The highest BCUT2D eigenvalue weighted by molar-refractivity contribution is 6.30. The van der Waals surface area contributed by atoms with Crippen LogP contribution in [0.4, 0.5) is 5.69 Å². The summed E-state index contributed by atoms with van der Waals surface area (Å²) in [5.41, 5.74) is -0.539. The number of unbranched alkanes of at least 4 members (excludes halogenated alkanes) is 1. The van der Waals surface area contributed by atoms with E-state index >= 15 is 0 Å². The van der Waals surface area contributed by atoms with Crippen LogP contribution in [0.5, 0.6) is 0 Å². The number of fused-ring (bicyclic) bond motifs is 1. The van der Waals surface area contributed by atoms with Crippen molar-refractivity contribution in [2.24, 2.45) is 11.8 Å². The maximum atomic E-state index is 13.7. The molecular weight excluding hydrogens is 454 g/mol. The third kappa shape index (κ3) is 3.93. The highest BCUT2D eigenvalue weighted by Gasteiger charge is 2.72. The molecule has 0 aromatic heterocycles. The fourth-order valence-electron chi connectivity index (χ4n) is 6.16. The molecule has 2 saturated heterocycles. The molecule has 2 N–H and O–H groups in total. The van der Waals surface area contributed by atoms with E-state index in [0.29, 0.717) is 17.3 Å². The maximum absolute atomic E-state index is 13.7. The second kappa shape index (κ2) is 9.34. The average molecular weight is 486 g/mol. The molecule has 1 spiro atoms. The van der Waals surface area contributed by atoms with Crippen molar-refractivity contribution < 1.29 is 19.1 Å². The summed E-state index contributed by atoms with van der Waals surface area (Å²) in [5, 5.41) is 6.62. The molecule has 1 aromatic carbocycles. The molecular formula is C26H32ClN3O4. The van der Waals surface area contributed by atoms with E-state index in [9.17, 15) is 14.4 Å². The normalized spacial score (nSPS) is 32.2. The van der Waals surface area contributed by atoms with Gasteiger partial charge in [-0.25, -0.2) is 0 Å². The van der Waals surface area contributed by atoms with Crippen LogP contribution in [-0.2, 0) is 19.1 Å². The predicted octanol–water partition coefficient (Wildman–Crippen LogP) is 3.68. The van der Waals surface area contributed by atoms with E-state index in [-0.39, 0.29) is 23.8 Å². The Morgan fingerprint density at radius 1 is 1.21 bits per heavy atom. The number of hydrogen-bond acceptors (Lipinski definition) is 4. The quantitative estimate of drug-likeness (QED) is 0.577. The lowest BCUT2D eigenvalue weighted by atomic mass is 9.74. The van der Waals surface area contributed by atoms with Gasteiger partial charge in [0.1, 0.15) is 11.6 Å². The highest BCUT2D eigenvalue weighted by atomic mass is 35.5. The lowest BCUT2D eigenvalue weighted by molar-refractivity contribution is -0.141. The van der Waals surface area contributed by atoms with Crippen molar-refractivity contribution >= 4 is 35.0 Å². The van der Waals surface area contributed by atoms with E-state index in [1.165, 1.54) is 6.42 Å². The third-order valence-corrected chi connectivity index (χ3v) is 7.96. The second-order valence-electron chi connectivity index (χ2n) is 9.93. The van der Waals surface area contributed by atoms with E-state index < -0.39 is 29.6 Å². The Bertz CT molecular complexity index is 1010. The van der Waals surface area contributed by atoms with Gasteiger partial charge in [0.05, 0.1) is 17.9 Å². The lowest BCUT2D eigenvalue weighted by Crippen LogP contribution is -2.56. The van der Waals surface area contributed by atoms with Crippen LogP contribution in [0.1, 0.15) is 51.9 Å². The maximum Gasteiger partial charge on any atom is 0.246 e. The first-order chi connectivity index (χ1) is 16.4. The Balaban J connectivity index is 1.42. The molecule has 0 radical (unpaired) electrons. The van der Waals surface area contributed by atoms with E-state index in [4.69, 9.17) is 16.3 Å². The SMILES string of the molecule is CCCCN1C(=O)[C@H]2[C@H](C(=O)Nc3cccc(Cl)c3)[C@H]3C=C[C@@]2(O3)[C@H]1C(=O)NC1CCCCC1. The Morgan fingerprint density at radius 3 is 2.74 bits per heavy atom. The molecule has 0 unspecified atom stereocenters. The fraction of sp³-hybridized carbons (Fsp3) is 0.577. The number of rotatable bonds is 7. The van der Waals surface area contributed by atoms with Crippen LogP contribution < -0.4 is 10.6 Å². The molecule has 3 aliphatic heterocycles. The van der Waals surface area contributed by atoms with Crippen molar-refractivity contribution in [3.8, 4) is 0 Å². The van der Waals surface area contributed by atoms with Gasteiger partial charge in [0.25, 0.3) is 0 Å². The Hall–Kier alpha value is -2.38. The zero-order chi connectivity index (χ0) is 23.9. The summed E-state index contributed by atoms with van der Waals surface area (Å²) in [6.45, 7) is 2.53. The number of benzene rings is 1. The molecule has 2 bridgehead atoms. The molecule has 1 aromatic rings. The molecule has 5 rings (SSSR count). The number of carbonyl (C=O) groups excluding carboxylic acids is 3. The number of likely N-dealkylation sites (tertiary alicyclic amines) is 1. The van der Waals surface area contributed by atoms with Gasteiger partial charge in [-0.15, -0.1) is 0 Å². The molecule has 7 nitrogen and oxygen atoms in total. The average Bonchev–Trinajstić information content (AvgIpc) is 3.45. The van der Waals surface area contributed by atoms with E-state index in [1.807, 2.05) is 12.2 Å². The molecule has 3 fully saturated rings. The number of hydrogen-bond donors (Lipinski definition) is 2. The molecule has 34 heavy (non-hydrogen) atoms. The molecule has 4 aliphatic rings. The first-order valence-corrected chi connectivity index (χ1v) is 12.9. The Kier molecular flexibility index (Phi) is 6.42. The first-order valence-electron chi connectivity index (χ1n) is 12.5. The Labute approximate surface area is 205 Å². The number of amides is 3. The van der Waals surface area contributed by atoms with Gasteiger partial charge in [0.2, 0.25) is 17.7 Å². The molecule has 5 atom stereocenters. The summed E-state index contributed by atoms with van der Waals surface area (Å²) in [6, 6.07) is 6.29. The predicted molar refractivity (Wildman–Crippen MR) is 129 cm³/mol. The minimum absolute atomic E-state index is 0.129. The fourth-order valence-corrected chi connectivity index (χ4v) is 6.35.